The van der Waals surface area contributed by atoms with Gasteiger partial charge in [-0.05, 0) is 0 Å². The van der Waals surface area contributed by atoms with E-state index in [4.69, 9.17) is 4.74 Å². The van der Waals surface area contributed by atoms with Crippen LogP contribution in [0.3, 0.4) is 0 Å². The van der Waals surface area contributed by atoms with Crippen LogP contribution in [-0.2, 0) is 4.74 Å². The van der Waals surface area contributed by atoms with E-state index in [-0.39, 0.29) is 0 Å². The Morgan fingerprint density at radius 1 is 0.762 bits per heavy atom. The summed E-state index contributed by atoms with van der Waals surface area (Å²) in [4.78, 5) is 0. The van der Waals surface area contributed by atoms with Crippen molar-refractivity contribution < 1.29 is 4.74 Å². The van der Waals surface area contributed by atoms with Crippen molar-refractivity contribution in [3.8, 4) is 0 Å². The third kappa shape index (κ3) is 17.9. The Labute approximate surface area is 141 Å². The summed E-state index contributed by atoms with van der Waals surface area (Å²) in [6, 6.07) is 0. The molecular weight excluding hydrogens is 323 g/mol. The predicted molar refractivity (Wildman–Crippen MR) is 97.2 cm³/mol. The number of rotatable bonds is 16. The molecule has 124 valence electrons. The van der Waals surface area contributed by atoms with Crippen molar-refractivity contribution in [3.05, 3.63) is 12.2 Å². The second-order valence-electron chi connectivity index (χ2n) is 5.91. The minimum atomic E-state index is 1.05. The minimum absolute atomic E-state index is 1.05. The Morgan fingerprint density at radius 3 is 1.76 bits per heavy atom. The summed E-state index contributed by atoms with van der Waals surface area (Å²) >= 11 is 2.96. The van der Waals surface area contributed by atoms with Crippen molar-refractivity contribution in [1.82, 2.24) is 0 Å². The van der Waals surface area contributed by atoms with Crippen LogP contribution in [-0.4, -0.2) is 27.3 Å². The van der Waals surface area contributed by atoms with E-state index in [2.05, 4.69) is 34.7 Å². The van der Waals surface area contributed by atoms with E-state index in [1.165, 1.54) is 83.5 Å². The molecule has 0 spiro atoms. The van der Waals surface area contributed by atoms with Crippen molar-refractivity contribution in [1.29, 1.82) is 0 Å². The molecule has 0 aromatic heterocycles. The number of methoxy groups -OCH3 is 1. The first kappa shape index (κ1) is 20.9. The number of unbranched alkanes of at least 4 members (excludes halogenated alkanes) is 11. The van der Waals surface area contributed by atoms with E-state index >= 15 is 0 Å². The van der Waals surface area contributed by atoms with Crippen molar-refractivity contribution in [2.24, 2.45) is 0 Å². The molecule has 0 aliphatic heterocycles. The summed E-state index contributed by atoms with van der Waals surface area (Å²) < 4.78 is 6.17. The average molecular weight is 359 g/mol. The van der Waals surface area contributed by atoms with Gasteiger partial charge in [-0.15, -0.1) is 0 Å². The SMILES string of the molecule is CCCCCCCC/C=C\CCCCCCCC(=[Se])OC. The molecule has 2 heteroatoms. The molecule has 0 saturated heterocycles. The molecule has 0 atom stereocenters. The number of ether oxygens (including phenoxy) is 1. The van der Waals surface area contributed by atoms with Gasteiger partial charge in [0.05, 0.1) is 0 Å². The number of hydrogen-bond acceptors (Lipinski definition) is 1. The Balaban J connectivity index is 3.10. The van der Waals surface area contributed by atoms with Crippen LogP contribution in [0.4, 0.5) is 0 Å². The Morgan fingerprint density at radius 2 is 1.24 bits per heavy atom. The summed E-state index contributed by atoms with van der Waals surface area (Å²) in [5, 5.41) is 0. The molecule has 0 aromatic carbocycles. The first-order valence-electron chi connectivity index (χ1n) is 9.03. The molecule has 21 heavy (non-hydrogen) atoms. The van der Waals surface area contributed by atoms with Gasteiger partial charge >= 0.3 is 102 Å². The Hall–Kier alpha value is -0.0705. The second-order valence-corrected chi connectivity index (χ2v) is 6.87. The molecule has 0 aliphatic carbocycles. The zero-order chi connectivity index (χ0) is 15.6. The van der Waals surface area contributed by atoms with Gasteiger partial charge in [-0.3, -0.25) is 0 Å². The van der Waals surface area contributed by atoms with E-state index < -0.39 is 0 Å². The van der Waals surface area contributed by atoms with Gasteiger partial charge in [0.1, 0.15) is 0 Å². The Kier molecular flexibility index (Phi) is 17.9. The molecule has 0 amide bonds. The molecule has 0 N–H and O–H groups in total. The molecular formula is C19H36OSe. The molecule has 0 bridgehead atoms. The van der Waals surface area contributed by atoms with Crippen molar-refractivity contribution in [3.63, 3.8) is 0 Å². The van der Waals surface area contributed by atoms with Crippen molar-refractivity contribution in [2.75, 3.05) is 7.11 Å². The van der Waals surface area contributed by atoms with E-state index in [0.717, 1.165) is 11.0 Å². The monoisotopic (exact) mass is 360 g/mol. The van der Waals surface area contributed by atoms with Crippen LogP contribution in [0.15, 0.2) is 12.2 Å². The van der Waals surface area contributed by atoms with Gasteiger partial charge in [0.25, 0.3) is 0 Å². The van der Waals surface area contributed by atoms with Gasteiger partial charge in [0, 0.05) is 0 Å². The van der Waals surface area contributed by atoms with Gasteiger partial charge < -0.3 is 0 Å². The van der Waals surface area contributed by atoms with E-state index in [0.29, 0.717) is 0 Å². The van der Waals surface area contributed by atoms with E-state index in [1.54, 1.807) is 7.11 Å². The van der Waals surface area contributed by atoms with Crippen molar-refractivity contribution >= 4 is 20.2 Å². The first-order chi connectivity index (χ1) is 10.3. The standard InChI is InChI=1S/C19H36OSe/c1-3-4-5-6-7-8-9-10-11-12-13-14-15-16-17-18-19(21)20-2/h10-11H,3-9,12-18H2,1-2H3/b11-10-. The van der Waals surface area contributed by atoms with Crippen LogP contribution < -0.4 is 0 Å². The van der Waals surface area contributed by atoms with Gasteiger partial charge in [-0.2, -0.15) is 0 Å². The molecule has 0 unspecified atom stereocenters. The third-order valence-electron chi connectivity index (χ3n) is 3.87. The molecule has 0 aromatic rings. The molecule has 0 rings (SSSR count). The summed E-state index contributed by atoms with van der Waals surface area (Å²) in [6.07, 6.45) is 23.5. The molecule has 0 radical (unpaired) electrons. The first-order valence-corrected chi connectivity index (χ1v) is 9.88. The van der Waals surface area contributed by atoms with Gasteiger partial charge in [0.2, 0.25) is 0 Å². The van der Waals surface area contributed by atoms with Crippen LogP contribution in [0.2, 0.25) is 0 Å². The van der Waals surface area contributed by atoms with Crippen LogP contribution in [0.25, 0.3) is 0 Å². The molecule has 0 aliphatic rings. The fourth-order valence-corrected chi connectivity index (χ4v) is 2.74. The molecule has 0 saturated carbocycles. The van der Waals surface area contributed by atoms with Crippen LogP contribution in [0.1, 0.15) is 96.8 Å². The van der Waals surface area contributed by atoms with Crippen LogP contribution >= 0.6 is 0 Å². The Bertz CT molecular complexity index is 248. The zero-order valence-electron chi connectivity index (χ0n) is 14.4. The summed E-state index contributed by atoms with van der Waals surface area (Å²) in [7, 11) is 1.74. The second kappa shape index (κ2) is 18.0. The quantitative estimate of drug-likeness (QED) is 0.187. The maximum absolute atomic E-state index is 5.12. The summed E-state index contributed by atoms with van der Waals surface area (Å²) in [6.45, 7) is 2.28. The number of allylic oxidation sites excluding steroid dienone is 2. The van der Waals surface area contributed by atoms with Gasteiger partial charge in [-0.25, -0.2) is 0 Å². The predicted octanol–water partition coefficient (Wildman–Crippen LogP) is 5.97. The van der Waals surface area contributed by atoms with Crippen molar-refractivity contribution in [2.45, 2.75) is 96.8 Å². The molecule has 1 nitrogen and oxygen atoms in total. The van der Waals surface area contributed by atoms with Crippen LogP contribution in [0, 0.1) is 0 Å². The van der Waals surface area contributed by atoms with Crippen LogP contribution in [0.5, 0.6) is 0 Å². The third-order valence-corrected chi connectivity index (χ3v) is 4.65. The van der Waals surface area contributed by atoms with Gasteiger partial charge in [0.15, 0.2) is 0 Å². The van der Waals surface area contributed by atoms with Gasteiger partial charge in [-0.1, -0.05) is 39.0 Å². The topological polar surface area (TPSA) is 9.23 Å². The fraction of sp³-hybridized carbons (Fsp3) is 0.842. The number of hydrogen-bond donors (Lipinski definition) is 0. The molecule has 0 fully saturated rings. The normalized spacial score (nSPS) is 11.1. The average Bonchev–Trinajstić information content (AvgIpc) is 2.50. The maximum atomic E-state index is 5.12. The zero-order valence-corrected chi connectivity index (χ0v) is 16.1. The summed E-state index contributed by atoms with van der Waals surface area (Å²) in [5.74, 6) is 0. The van der Waals surface area contributed by atoms with E-state index in [9.17, 15) is 0 Å². The van der Waals surface area contributed by atoms with E-state index in [1.807, 2.05) is 0 Å². The fourth-order valence-electron chi connectivity index (χ4n) is 2.44. The molecule has 0 heterocycles. The summed E-state index contributed by atoms with van der Waals surface area (Å²) in [5.41, 5.74) is 0.